The van der Waals surface area contributed by atoms with Gasteiger partial charge in [0.1, 0.15) is 23.6 Å². The van der Waals surface area contributed by atoms with Gasteiger partial charge in [0, 0.05) is 0 Å². The molecular weight excluding hydrogens is 234 g/mol. The Hall–Kier alpha value is -2.14. The van der Waals surface area contributed by atoms with Crippen molar-refractivity contribution >= 4 is 5.97 Å². The van der Waals surface area contributed by atoms with Crippen molar-refractivity contribution in [2.75, 3.05) is 6.61 Å². The number of nitrogens with zero attached hydrogens (tertiary/aromatic N) is 1. The zero-order valence-corrected chi connectivity index (χ0v) is 9.87. The maximum atomic E-state index is 11.6. The number of carbonyl (C=O) groups excluding carboxylic acids is 1. The molecule has 0 bridgehead atoms. The molecule has 1 heterocycles. The molecule has 0 aliphatic heterocycles. The number of hydrogen-bond donors (Lipinski definition) is 1. The van der Waals surface area contributed by atoms with Crippen LogP contribution in [0.1, 0.15) is 34.6 Å². The molecule has 0 saturated heterocycles. The number of ether oxygens (including phenoxy) is 1. The minimum atomic E-state index is -1.01. The molecule has 18 heavy (non-hydrogen) atoms. The number of carbonyl (C=O) groups is 1. The van der Waals surface area contributed by atoms with Gasteiger partial charge in [0.15, 0.2) is 0 Å². The van der Waals surface area contributed by atoms with Gasteiger partial charge in [-0.2, -0.15) is 0 Å². The zero-order valence-electron chi connectivity index (χ0n) is 9.87. The largest absolute Gasteiger partial charge is 0.462 e. The highest BCUT2D eigenvalue weighted by Crippen LogP contribution is 2.24. The minimum Gasteiger partial charge on any atom is -0.462 e. The summed E-state index contributed by atoms with van der Waals surface area (Å²) in [6.45, 7) is 1.96. The lowest BCUT2D eigenvalue weighted by atomic mass is 10.0. The van der Waals surface area contributed by atoms with Crippen molar-refractivity contribution in [1.82, 2.24) is 5.16 Å². The van der Waals surface area contributed by atoms with E-state index in [0.29, 0.717) is 5.56 Å². The van der Waals surface area contributed by atoms with Gasteiger partial charge < -0.3 is 14.4 Å². The first kappa shape index (κ1) is 12.3. The first-order chi connectivity index (χ1) is 8.74. The SMILES string of the molecule is CCOC(=O)c1conc1[C@H](O)c1ccccc1. The van der Waals surface area contributed by atoms with E-state index in [1.807, 2.05) is 6.07 Å². The molecule has 2 rings (SSSR count). The fraction of sp³-hybridized carbons (Fsp3) is 0.231. The Morgan fingerprint density at radius 3 is 2.83 bits per heavy atom. The number of aliphatic hydroxyl groups is 1. The summed E-state index contributed by atoms with van der Waals surface area (Å²) in [6, 6.07) is 8.92. The van der Waals surface area contributed by atoms with Crippen molar-refractivity contribution in [3.8, 4) is 0 Å². The summed E-state index contributed by atoms with van der Waals surface area (Å²) in [5.41, 5.74) is 0.949. The van der Waals surface area contributed by atoms with E-state index in [1.165, 1.54) is 6.26 Å². The number of aromatic nitrogens is 1. The maximum Gasteiger partial charge on any atom is 0.343 e. The van der Waals surface area contributed by atoms with Gasteiger partial charge >= 0.3 is 5.97 Å². The van der Waals surface area contributed by atoms with Crippen molar-refractivity contribution in [3.05, 3.63) is 53.4 Å². The van der Waals surface area contributed by atoms with Crippen LogP contribution in [0.25, 0.3) is 0 Å². The molecule has 0 aliphatic carbocycles. The van der Waals surface area contributed by atoms with Crippen molar-refractivity contribution < 1.29 is 19.2 Å². The van der Waals surface area contributed by atoms with E-state index in [2.05, 4.69) is 5.16 Å². The second-order valence-corrected chi connectivity index (χ2v) is 3.65. The molecule has 0 saturated carbocycles. The molecule has 2 aromatic rings. The Labute approximate surface area is 104 Å². The van der Waals surface area contributed by atoms with Crippen LogP contribution in [0.3, 0.4) is 0 Å². The molecular formula is C13H13NO4. The lowest BCUT2D eigenvalue weighted by Gasteiger charge is -2.09. The molecule has 0 aliphatic rings. The van der Waals surface area contributed by atoms with Gasteiger partial charge in [-0.3, -0.25) is 0 Å². The predicted molar refractivity (Wildman–Crippen MR) is 63.0 cm³/mol. The third-order valence-electron chi connectivity index (χ3n) is 2.47. The van der Waals surface area contributed by atoms with Crippen molar-refractivity contribution in [2.45, 2.75) is 13.0 Å². The lowest BCUT2D eigenvalue weighted by molar-refractivity contribution is 0.0520. The number of esters is 1. The topological polar surface area (TPSA) is 72.6 Å². The maximum absolute atomic E-state index is 11.6. The Bertz CT molecular complexity index is 521. The van der Waals surface area contributed by atoms with Crippen molar-refractivity contribution in [1.29, 1.82) is 0 Å². The van der Waals surface area contributed by atoms with Gasteiger partial charge in [-0.05, 0) is 12.5 Å². The molecule has 0 fully saturated rings. The Morgan fingerprint density at radius 2 is 2.17 bits per heavy atom. The van der Waals surface area contributed by atoms with E-state index in [-0.39, 0.29) is 17.9 Å². The molecule has 5 heteroatoms. The minimum absolute atomic E-state index is 0.146. The molecule has 94 valence electrons. The molecule has 1 aromatic heterocycles. The number of aliphatic hydroxyl groups excluding tert-OH is 1. The van der Waals surface area contributed by atoms with Crippen molar-refractivity contribution in [3.63, 3.8) is 0 Å². The monoisotopic (exact) mass is 247 g/mol. The summed E-state index contributed by atoms with van der Waals surface area (Å²) < 4.78 is 9.61. The second-order valence-electron chi connectivity index (χ2n) is 3.65. The van der Waals surface area contributed by atoms with Crippen LogP contribution in [-0.2, 0) is 4.74 Å². The van der Waals surface area contributed by atoms with Crippen molar-refractivity contribution in [2.24, 2.45) is 0 Å². The Kier molecular flexibility index (Phi) is 3.74. The van der Waals surface area contributed by atoms with Gasteiger partial charge in [0.2, 0.25) is 0 Å². The molecule has 0 spiro atoms. The van der Waals surface area contributed by atoms with E-state index in [1.54, 1.807) is 31.2 Å². The average molecular weight is 247 g/mol. The summed E-state index contributed by atoms with van der Waals surface area (Å²) in [5.74, 6) is -0.552. The van der Waals surface area contributed by atoms with E-state index < -0.39 is 12.1 Å². The number of hydrogen-bond acceptors (Lipinski definition) is 5. The van der Waals surface area contributed by atoms with Crippen LogP contribution in [0.2, 0.25) is 0 Å². The van der Waals surface area contributed by atoms with Crippen LogP contribution in [0.15, 0.2) is 41.1 Å². The normalized spacial score (nSPS) is 12.1. The van der Waals surface area contributed by atoms with Gasteiger partial charge in [0.05, 0.1) is 6.61 Å². The third kappa shape index (κ3) is 2.41. The summed E-state index contributed by atoms with van der Waals surface area (Å²) in [5, 5.41) is 13.8. The van der Waals surface area contributed by atoms with E-state index >= 15 is 0 Å². The summed E-state index contributed by atoms with van der Waals surface area (Å²) >= 11 is 0. The molecule has 0 radical (unpaired) electrons. The smallest absolute Gasteiger partial charge is 0.343 e. The van der Waals surface area contributed by atoms with Crippen LogP contribution in [0, 0.1) is 0 Å². The molecule has 5 nitrogen and oxygen atoms in total. The zero-order chi connectivity index (χ0) is 13.0. The first-order valence-electron chi connectivity index (χ1n) is 5.58. The van der Waals surface area contributed by atoms with Gasteiger partial charge in [0.25, 0.3) is 0 Å². The third-order valence-corrected chi connectivity index (χ3v) is 2.47. The highest BCUT2D eigenvalue weighted by atomic mass is 16.5. The van der Waals surface area contributed by atoms with Crippen LogP contribution >= 0.6 is 0 Å². The fourth-order valence-electron chi connectivity index (χ4n) is 1.60. The number of rotatable bonds is 4. The van der Waals surface area contributed by atoms with Gasteiger partial charge in [-0.1, -0.05) is 35.5 Å². The molecule has 1 aromatic carbocycles. The molecule has 1 N–H and O–H groups in total. The predicted octanol–water partition coefficient (Wildman–Crippen LogP) is 1.93. The van der Waals surface area contributed by atoms with Crippen LogP contribution < -0.4 is 0 Å². The van der Waals surface area contributed by atoms with Gasteiger partial charge in [-0.25, -0.2) is 4.79 Å². The summed E-state index contributed by atoms with van der Waals surface area (Å²) in [6.07, 6.45) is 0.170. The molecule has 0 amide bonds. The molecule has 1 atom stereocenters. The second kappa shape index (κ2) is 5.46. The lowest BCUT2D eigenvalue weighted by Crippen LogP contribution is -2.10. The number of benzene rings is 1. The fourth-order valence-corrected chi connectivity index (χ4v) is 1.60. The highest BCUT2D eigenvalue weighted by Gasteiger charge is 2.24. The van der Waals surface area contributed by atoms with Gasteiger partial charge in [-0.15, -0.1) is 0 Å². The van der Waals surface area contributed by atoms with E-state index in [4.69, 9.17) is 9.26 Å². The standard InChI is InChI=1S/C13H13NO4/c1-2-17-13(16)10-8-18-14-11(10)12(15)9-6-4-3-5-7-9/h3-8,12,15H,2H2,1H3/t12-/m1/s1. The summed E-state index contributed by atoms with van der Waals surface area (Å²) in [7, 11) is 0. The summed E-state index contributed by atoms with van der Waals surface area (Å²) in [4.78, 5) is 11.6. The Morgan fingerprint density at radius 1 is 1.44 bits per heavy atom. The quantitative estimate of drug-likeness (QED) is 0.836. The highest BCUT2D eigenvalue weighted by molar-refractivity contribution is 5.90. The Balaban J connectivity index is 2.29. The van der Waals surface area contributed by atoms with Crippen LogP contribution in [0.4, 0.5) is 0 Å². The van der Waals surface area contributed by atoms with Crippen LogP contribution in [-0.4, -0.2) is 22.8 Å². The van der Waals surface area contributed by atoms with Crippen LogP contribution in [0.5, 0.6) is 0 Å². The first-order valence-corrected chi connectivity index (χ1v) is 5.58. The van der Waals surface area contributed by atoms with E-state index in [0.717, 1.165) is 0 Å². The average Bonchev–Trinajstić information content (AvgIpc) is 2.88. The van der Waals surface area contributed by atoms with E-state index in [9.17, 15) is 9.90 Å². The molecule has 0 unspecified atom stereocenters.